The third-order valence-corrected chi connectivity index (χ3v) is 18.0. The fourth-order valence-corrected chi connectivity index (χ4v) is 11.9. The fourth-order valence-electron chi connectivity index (χ4n) is 10.4. The smallest absolute Gasteiger partial charge is 0.462 e. The van der Waals surface area contributed by atoms with Crippen molar-refractivity contribution in [1.82, 2.24) is 0 Å². The molecule has 0 spiro atoms. The van der Waals surface area contributed by atoms with Gasteiger partial charge in [-0.05, 0) is 83.5 Å². The quantitative estimate of drug-likeness (QED) is 0.0169. The van der Waals surface area contributed by atoms with Crippen LogP contribution in [0.2, 0.25) is 0 Å². The van der Waals surface area contributed by atoms with Crippen LogP contribution in [0.5, 0.6) is 0 Å². The van der Waals surface area contributed by atoms with E-state index in [4.69, 9.17) is 37.0 Å². The zero-order chi connectivity index (χ0) is 67.5. The summed E-state index contributed by atoms with van der Waals surface area (Å²) in [6, 6.07) is 0. The fraction of sp³-hybridized carbons (Fsp3) is 0.863. The molecule has 5 atom stereocenters. The number of rotatable bonds is 71. The zero-order valence-corrected chi connectivity index (χ0v) is 60.5. The van der Waals surface area contributed by atoms with Crippen LogP contribution in [0.3, 0.4) is 0 Å². The monoisotopic (exact) mass is 1350 g/mol. The van der Waals surface area contributed by atoms with E-state index in [9.17, 15) is 43.2 Å². The Morgan fingerprint density at radius 3 is 0.837 bits per heavy atom. The molecule has 19 heteroatoms. The molecule has 92 heavy (non-hydrogen) atoms. The standard InChI is InChI=1S/C73H136O17P2/c1-5-9-13-17-21-25-29-31-33-35-39-41-45-49-53-57-70(75)83-63-68(89-72(77)59-55-51-47-43-37-27-23-19-15-11-7-3)65-87-91(79,80)85-61-67(74)62-86-92(81,82)88-66-69(90-73(78)60-56-52-48-44-38-28-24-20-16-12-8-4)64-84-71(76)58-54-50-46-42-40-36-34-32-30-26-22-18-14-10-6-2/h21,25,31-34,67-69,74H,5-20,22-24,26-30,35-66H2,1-4H3,(H,79,80)(H,81,82)/b25-21-,33-31-,34-32-. The highest BCUT2D eigenvalue weighted by molar-refractivity contribution is 7.47. The lowest BCUT2D eigenvalue weighted by atomic mass is 10.1. The summed E-state index contributed by atoms with van der Waals surface area (Å²) in [6.45, 7) is 4.86. The van der Waals surface area contributed by atoms with Crippen LogP contribution in [-0.4, -0.2) is 96.7 Å². The van der Waals surface area contributed by atoms with Gasteiger partial charge in [0.25, 0.3) is 0 Å². The maximum Gasteiger partial charge on any atom is 0.472 e. The average Bonchev–Trinajstić information content (AvgIpc) is 2.55. The summed E-state index contributed by atoms with van der Waals surface area (Å²) in [6.07, 6.45) is 60.0. The van der Waals surface area contributed by atoms with Gasteiger partial charge in [0.15, 0.2) is 12.2 Å². The zero-order valence-electron chi connectivity index (χ0n) is 58.7. The molecule has 0 aliphatic heterocycles. The number of ether oxygens (including phenoxy) is 4. The van der Waals surface area contributed by atoms with Gasteiger partial charge in [-0.15, -0.1) is 0 Å². The first-order chi connectivity index (χ1) is 44.7. The summed E-state index contributed by atoms with van der Waals surface area (Å²) in [5.74, 6) is -2.16. The molecule has 0 rings (SSSR count). The normalized spacial score (nSPS) is 14.2. The Bertz CT molecular complexity index is 1900. The number of carbonyl (C=O) groups is 4. The molecule has 0 aliphatic rings. The highest BCUT2D eigenvalue weighted by atomic mass is 31.2. The lowest BCUT2D eigenvalue weighted by Gasteiger charge is -2.21. The Morgan fingerprint density at radius 1 is 0.304 bits per heavy atom. The van der Waals surface area contributed by atoms with E-state index in [1.54, 1.807) is 0 Å². The molecule has 0 bridgehead atoms. The average molecular weight is 1350 g/mol. The van der Waals surface area contributed by atoms with Gasteiger partial charge in [-0.25, -0.2) is 9.13 Å². The second-order valence-corrected chi connectivity index (χ2v) is 28.2. The van der Waals surface area contributed by atoms with E-state index in [1.807, 2.05) is 0 Å². The number of esters is 4. The number of unbranched alkanes of at least 4 members (excludes halogenated alkanes) is 39. The Balaban J connectivity index is 5.27. The second-order valence-electron chi connectivity index (χ2n) is 25.2. The van der Waals surface area contributed by atoms with E-state index >= 15 is 0 Å². The van der Waals surface area contributed by atoms with Crippen molar-refractivity contribution in [2.75, 3.05) is 39.6 Å². The summed E-state index contributed by atoms with van der Waals surface area (Å²) in [5, 5.41) is 10.6. The van der Waals surface area contributed by atoms with Gasteiger partial charge in [0.1, 0.15) is 19.3 Å². The Morgan fingerprint density at radius 2 is 0.533 bits per heavy atom. The van der Waals surface area contributed by atoms with Gasteiger partial charge in [0.05, 0.1) is 26.4 Å². The Labute approximate surface area is 560 Å². The van der Waals surface area contributed by atoms with Crippen molar-refractivity contribution in [3.05, 3.63) is 36.5 Å². The minimum absolute atomic E-state index is 0.0995. The van der Waals surface area contributed by atoms with Crippen molar-refractivity contribution >= 4 is 39.5 Å². The molecule has 0 aromatic rings. The van der Waals surface area contributed by atoms with Gasteiger partial charge in [0, 0.05) is 25.7 Å². The number of aliphatic hydroxyl groups is 1. The van der Waals surface area contributed by atoms with Crippen LogP contribution in [0, 0.1) is 0 Å². The first-order valence-electron chi connectivity index (χ1n) is 37.2. The van der Waals surface area contributed by atoms with Crippen molar-refractivity contribution in [3.8, 4) is 0 Å². The number of hydrogen-bond acceptors (Lipinski definition) is 15. The summed E-state index contributed by atoms with van der Waals surface area (Å²) in [5.41, 5.74) is 0. The lowest BCUT2D eigenvalue weighted by Crippen LogP contribution is -2.30. The van der Waals surface area contributed by atoms with Gasteiger partial charge in [-0.2, -0.15) is 0 Å². The molecule has 0 aliphatic carbocycles. The number of carbonyl (C=O) groups excluding carboxylic acids is 4. The highest BCUT2D eigenvalue weighted by Gasteiger charge is 2.30. The number of phosphoric acid groups is 2. The van der Waals surface area contributed by atoms with Crippen LogP contribution in [0.15, 0.2) is 36.5 Å². The van der Waals surface area contributed by atoms with Gasteiger partial charge >= 0.3 is 39.5 Å². The van der Waals surface area contributed by atoms with Crippen LogP contribution >= 0.6 is 15.6 Å². The summed E-state index contributed by atoms with van der Waals surface area (Å²) in [7, 11) is -9.92. The molecule has 0 heterocycles. The molecule has 5 unspecified atom stereocenters. The van der Waals surface area contributed by atoms with Gasteiger partial charge < -0.3 is 33.8 Å². The number of phosphoric ester groups is 2. The molecule has 3 N–H and O–H groups in total. The van der Waals surface area contributed by atoms with Crippen molar-refractivity contribution in [1.29, 1.82) is 0 Å². The van der Waals surface area contributed by atoms with Gasteiger partial charge in [-0.1, -0.05) is 276 Å². The lowest BCUT2D eigenvalue weighted by molar-refractivity contribution is -0.161. The molecule has 0 fully saturated rings. The molecule has 17 nitrogen and oxygen atoms in total. The number of allylic oxidation sites excluding steroid dienone is 6. The van der Waals surface area contributed by atoms with Crippen LogP contribution in [-0.2, 0) is 65.4 Å². The predicted molar refractivity (Wildman–Crippen MR) is 372 cm³/mol. The summed E-state index contributed by atoms with van der Waals surface area (Å²) in [4.78, 5) is 72.6. The first kappa shape index (κ1) is 89.3. The number of hydrogen-bond donors (Lipinski definition) is 3. The molecule has 0 radical (unpaired) electrons. The molecular formula is C73H136O17P2. The maximum absolute atomic E-state index is 13.0. The van der Waals surface area contributed by atoms with Crippen LogP contribution < -0.4 is 0 Å². The van der Waals surface area contributed by atoms with E-state index in [1.165, 1.54) is 135 Å². The molecule has 540 valence electrons. The molecule has 0 saturated heterocycles. The largest absolute Gasteiger partial charge is 0.472 e. The van der Waals surface area contributed by atoms with Crippen molar-refractivity contribution < 1.29 is 80.2 Å². The third-order valence-electron chi connectivity index (χ3n) is 16.1. The van der Waals surface area contributed by atoms with E-state index in [2.05, 4.69) is 64.2 Å². The topological polar surface area (TPSA) is 237 Å². The predicted octanol–water partition coefficient (Wildman–Crippen LogP) is 20.8. The summed E-state index contributed by atoms with van der Waals surface area (Å²) >= 11 is 0. The first-order valence-corrected chi connectivity index (χ1v) is 40.2. The SMILES string of the molecule is CCCCC/C=C\C/C=C\CCCCCCCC(=O)OCC(COP(=O)(O)OCC(O)COP(=O)(O)OCC(COC(=O)CCCCCCC/C=C\CCCCCCCC)OC(=O)CCCCCCCCCCCCC)OC(=O)CCCCCCCCCCCCC. The highest BCUT2D eigenvalue weighted by Crippen LogP contribution is 2.45. The van der Waals surface area contributed by atoms with E-state index in [-0.39, 0.29) is 25.7 Å². The summed E-state index contributed by atoms with van der Waals surface area (Å²) < 4.78 is 68.3. The molecule has 0 aromatic carbocycles. The van der Waals surface area contributed by atoms with Crippen molar-refractivity contribution in [2.24, 2.45) is 0 Å². The molecule has 0 saturated carbocycles. The minimum atomic E-state index is -4.96. The van der Waals surface area contributed by atoms with Crippen LogP contribution in [0.4, 0.5) is 0 Å². The molecule has 0 amide bonds. The van der Waals surface area contributed by atoms with Crippen LogP contribution in [0.25, 0.3) is 0 Å². The second kappa shape index (κ2) is 66.9. The van der Waals surface area contributed by atoms with Crippen molar-refractivity contribution in [2.45, 2.75) is 367 Å². The third kappa shape index (κ3) is 65.9. The van der Waals surface area contributed by atoms with Crippen molar-refractivity contribution in [3.63, 3.8) is 0 Å². The molecular weight excluding hydrogens is 1210 g/mol. The van der Waals surface area contributed by atoms with Gasteiger partial charge in [-0.3, -0.25) is 37.3 Å². The van der Waals surface area contributed by atoms with Gasteiger partial charge in [0.2, 0.25) is 0 Å². The Hall–Kier alpha value is -2.72. The van der Waals surface area contributed by atoms with E-state index < -0.39 is 97.5 Å². The maximum atomic E-state index is 13.0. The Kier molecular flexibility index (Phi) is 64.9. The van der Waals surface area contributed by atoms with Crippen LogP contribution in [0.1, 0.15) is 349 Å². The van der Waals surface area contributed by atoms with E-state index in [0.29, 0.717) is 25.7 Å². The number of aliphatic hydroxyl groups excluding tert-OH is 1. The minimum Gasteiger partial charge on any atom is -0.462 e. The van der Waals surface area contributed by atoms with E-state index in [0.717, 1.165) is 135 Å². The molecule has 0 aromatic heterocycles.